The summed E-state index contributed by atoms with van der Waals surface area (Å²) in [7, 11) is 0. The van der Waals surface area contributed by atoms with Gasteiger partial charge in [0, 0.05) is 11.2 Å². The van der Waals surface area contributed by atoms with Crippen LogP contribution < -0.4 is 10.2 Å². The smallest absolute Gasteiger partial charge is 0.280 e. The Morgan fingerprint density at radius 1 is 1.41 bits per heavy atom. The van der Waals surface area contributed by atoms with E-state index in [-0.39, 0.29) is 5.91 Å². The predicted octanol–water partition coefficient (Wildman–Crippen LogP) is 2.96. The van der Waals surface area contributed by atoms with Gasteiger partial charge in [0.15, 0.2) is 6.10 Å². The molecule has 1 atom stereocenters. The standard InChI is InChI=1S/C16H16ClN3O2/c1-11-9-14(6-7-15(11)17)22-12(2)16(21)20-19-10-13-5-3-4-8-18-13/h3-10,12H,1-2H3,(H,20,21)/b19-10-/t12-/m0/s1. The number of nitrogens with one attached hydrogen (secondary N) is 1. The summed E-state index contributed by atoms with van der Waals surface area (Å²) >= 11 is 5.95. The minimum absolute atomic E-state index is 0.347. The van der Waals surface area contributed by atoms with Crippen molar-refractivity contribution in [2.24, 2.45) is 5.10 Å². The van der Waals surface area contributed by atoms with Crippen LogP contribution >= 0.6 is 11.6 Å². The first kappa shape index (κ1) is 16.0. The van der Waals surface area contributed by atoms with E-state index in [2.05, 4.69) is 15.5 Å². The predicted molar refractivity (Wildman–Crippen MR) is 86.3 cm³/mol. The lowest BCUT2D eigenvalue weighted by Gasteiger charge is -2.13. The largest absolute Gasteiger partial charge is 0.481 e. The number of hydrogen-bond donors (Lipinski definition) is 1. The second kappa shape index (κ2) is 7.56. The highest BCUT2D eigenvalue weighted by Crippen LogP contribution is 2.21. The van der Waals surface area contributed by atoms with Crippen molar-refractivity contribution in [3.8, 4) is 5.75 Å². The Morgan fingerprint density at radius 3 is 2.91 bits per heavy atom. The number of pyridine rings is 1. The number of benzene rings is 1. The second-order valence-corrected chi connectivity index (χ2v) is 5.07. The molecule has 0 aliphatic heterocycles. The molecule has 6 heteroatoms. The fourth-order valence-electron chi connectivity index (χ4n) is 1.65. The number of nitrogens with zero attached hydrogens (tertiary/aromatic N) is 2. The number of aromatic nitrogens is 1. The van der Waals surface area contributed by atoms with E-state index >= 15 is 0 Å². The third-order valence-electron chi connectivity index (χ3n) is 2.87. The molecule has 0 unspecified atom stereocenters. The third-order valence-corrected chi connectivity index (χ3v) is 3.29. The Balaban J connectivity index is 1.89. The quantitative estimate of drug-likeness (QED) is 0.681. The number of carbonyl (C=O) groups is 1. The fraction of sp³-hybridized carbons (Fsp3) is 0.188. The third kappa shape index (κ3) is 4.56. The van der Waals surface area contributed by atoms with Gasteiger partial charge >= 0.3 is 0 Å². The van der Waals surface area contributed by atoms with Gasteiger partial charge in [-0.2, -0.15) is 5.10 Å². The molecular weight excluding hydrogens is 302 g/mol. The molecule has 2 aromatic rings. The summed E-state index contributed by atoms with van der Waals surface area (Å²) in [6, 6.07) is 10.7. The van der Waals surface area contributed by atoms with Crippen molar-refractivity contribution < 1.29 is 9.53 Å². The summed E-state index contributed by atoms with van der Waals surface area (Å²) in [4.78, 5) is 16.0. The minimum Gasteiger partial charge on any atom is -0.481 e. The molecular formula is C16H16ClN3O2. The number of hydrogen-bond acceptors (Lipinski definition) is 4. The Labute approximate surface area is 134 Å². The summed E-state index contributed by atoms with van der Waals surface area (Å²) in [6.07, 6.45) is 2.44. The fourth-order valence-corrected chi connectivity index (χ4v) is 1.77. The van der Waals surface area contributed by atoms with E-state index in [1.807, 2.05) is 13.0 Å². The van der Waals surface area contributed by atoms with Crippen LogP contribution in [0.5, 0.6) is 5.75 Å². The van der Waals surface area contributed by atoms with Crippen LogP contribution in [-0.4, -0.2) is 23.2 Å². The molecule has 5 nitrogen and oxygen atoms in total. The van der Waals surface area contributed by atoms with Gasteiger partial charge in [-0.15, -0.1) is 0 Å². The highest BCUT2D eigenvalue weighted by atomic mass is 35.5. The summed E-state index contributed by atoms with van der Waals surface area (Å²) in [5.41, 5.74) is 3.96. The molecule has 0 aliphatic rings. The number of halogens is 1. The van der Waals surface area contributed by atoms with Crippen molar-refractivity contribution in [3.05, 3.63) is 58.9 Å². The van der Waals surface area contributed by atoms with E-state index in [1.165, 1.54) is 6.21 Å². The number of ether oxygens (including phenoxy) is 1. The van der Waals surface area contributed by atoms with Gasteiger partial charge in [-0.05, 0) is 49.7 Å². The summed E-state index contributed by atoms with van der Waals surface area (Å²) < 4.78 is 5.55. The first-order valence-electron chi connectivity index (χ1n) is 6.73. The zero-order chi connectivity index (χ0) is 15.9. The molecule has 0 radical (unpaired) electrons. The Morgan fingerprint density at radius 2 is 2.23 bits per heavy atom. The molecule has 0 saturated carbocycles. The Bertz CT molecular complexity index is 674. The van der Waals surface area contributed by atoms with E-state index in [0.717, 1.165) is 5.56 Å². The van der Waals surface area contributed by atoms with Gasteiger partial charge in [-0.1, -0.05) is 17.7 Å². The Hall–Kier alpha value is -2.40. The van der Waals surface area contributed by atoms with Gasteiger partial charge in [0.05, 0.1) is 11.9 Å². The van der Waals surface area contributed by atoms with Gasteiger partial charge in [-0.3, -0.25) is 9.78 Å². The molecule has 2 rings (SSSR count). The van der Waals surface area contributed by atoms with Crippen molar-refractivity contribution in [2.75, 3.05) is 0 Å². The van der Waals surface area contributed by atoms with Gasteiger partial charge in [0.2, 0.25) is 0 Å². The van der Waals surface area contributed by atoms with Crippen LogP contribution in [0.25, 0.3) is 0 Å². The van der Waals surface area contributed by atoms with E-state index in [9.17, 15) is 4.79 Å². The van der Waals surface area contributed by atoms with Crippen LogP contribution in [0.1, 0.15) is 18.2 Å². The van der Waals surface area contributed by atoms with Crippen LogP contribution in [0.4, 0.5) is 0 Å². The molecule has 1 aromatic heterocycles. The van der Waals surface area contributed by atoms with E-state index in [1.54, 1.807) is 43.5 Å². The molecule has 1 amide bonds. The number of hydrazone groups is 1. The van der Waals surface area contributed by atoms with Gasteiger partial charge in [-0.25, -0.2) is 5.43 Å². The van der Waals surface area contributed by atoms with E-state index in [4.69, 9.17) is 16.3 Å². The van der Waals surface area contributed by atoms with Crippen molar-refractivity contribution in [2.45, 2.75) is 20.0 Å². The van der Waals surface area contributed by atoms with Crippen LogP contribution in [0.2, 0.25) is 5.02 Å². The highest BCUT2D eigenvalue weighted by Gasteiger charge is 2.14. The van der Waals surface area contributed by atoms with Crippen LogP contribution in [0.3, 0.4) is 0 Å². The maximum Gasteiger partial charge on any atom is 0.280 e. The lowest BCUT2D eigenvalue weighted by Crippen LogP contribution is -2.33. The highest BCUT2D eigenvalue weighted by molar-refractivity contribution is 6.31. The minimum atomic E-state index is -0.679. The topological polar surface area (TPSA) is 63.6 Å². The number of aryl methyl sites for hydroxylation is 1. The van der Waals surface area contributed by atoms with Crippen molar-refractivity contribution in [1.29, 1.82) is 0 Å². The van der Waals surface area contributed by atoms with E-state index in [0.29, 0.717) is 16.5 Å². The van der Waals surface area contributed by atoms with Gasteiger partial charge < -0.3 is 4.74 Å². The molecule has 0 bridgehead atoms. The first-order chi connectivity index (χ1) is 10.6. The zero-order valence-corrected chi connectivity index (χ0v) is 13.0. The SMILES string of the molecule is Cc1cc(O[C@@H](C)C(=O)N/N=C\c2ccccn2)ccc1Cl. The van der Waals surface area contributed by atoms with E-state index < -0.39 is 6.10 Å². The molecule has 22 heavy (non-hydrogen) atoms. The second-order valence-electron chi connectivity index (χ2n) is 4.66. The van der Waals surface area contributed by atoms with Crippen LogP contribution in [0.15, 0.2) is 47.7 Å². The summed E-state index contributed by atoms with van der Waals surface area (Å²) in [6.45, 7) is 3.52. The maximum absolute atomic E-state index is 11.9. The molecule has 114 valence electrons. The number of carbonyl (C=O) groups excluding carboxylic acids is 1. The summed E-state index contributed by atoms with van der Waals surface area (Å²) in [5, 5.41) is 4.50. The number of rotatable bonds is 5. The van der Waals surface area contributed by atoms with Crippen LogP contribution in [0, 0.1) is 6.92 Å². The monoisotopic (exact) mass is 317 g/mol. The lowest BCUT2D eigenvalue weighted by molar-refractivity contribution is -0.127. The molecule has 1 aromatic carbocycles. The van der Waals surface area contributed by atoms with Crippen molar-refractivity contribution >= 4 is 23.7 Å². The zero-order valence-electron chi connectivity index (χ0n) is 12.3. The average Bonchev–Trinajstić information content (AvgIpc) is 2.52. The normalized spacial score (nSPS) is 12.1. The summed E-state index contributed by atoms with van der Waals surface area (Å²) in [5.74, 6) is 0.234. The maximum atomic E-state index is 11.9. The number of amides is 1. The first-order valence-corrected chi connectivity index (χ1v) is 7.11. The molecule has 0 aliphatic carbocycles. The van der Waals surface area contributed by atoms with Crippen molar-refractivity contribution in [3.63, 3.8) is 0 Å². The van der Waals surface area contributed by atoms with Gasteiger partial charge in [0.25, 0.3) is 5.91 Å². The molecule has 0 spiro atoms. The Kier molecular flexibility index (Phi) is 5.49. The van der Waals surface area contributed by atoms with Gasteiger partial charge in [0.1, 0.15) is 5.75 Å². The average molecular weight is 318 g/mol. The van der Waals surface area contributed by atoms with Crippen LogP contribution in [-0.2, 0) is 4.79 Å². The molecule has 0 fully saturated rings. The molecule has 1 N–H and O–H groups in total. The molecule has 0 saturated heterocycles. The molecule has 1 heterocycles. The lowest BCUT2D eigenvalue weighted by atomic mass is 10.2. The van der Waals surface area contributed by atoms with Crippen molar-refractivity contribution in [1.82, 2.24) is 10.4 Å².